The minimum Gasteiger partial charge on any atom is -0.492 e. The first-order valence-electron chi connectivity index (χ1n) is 6.44. The van der Waals surface area contributed by atoms with Crippen molar-refractivity contribution in [2.75, 3.05) is 6.61 Å². The third kappa shape index (κ3) is 4.09. The minimum absolute atomic E-state index is 0.617. The maximum atomic E-state index is 6.10. The molecule has 110 valence electrons. The van der Waals surface area contributed by atoms with E-state index in [4.69, 9.17) is 16.3 Å². The van der Waals surface area contributed by atoms with Gasteiger partial charge in [0.25, 0.3) is 0 Å². The third-order valence-corrected chi connectivity index (χ3v) is 4.49. The lowest BCUT2D eigenvalue weighted by Gasteiger charge is -2.09. The van der Waals surface area contributed by atoms with Crippen molar-refractivity contribution in [2.45, 2.75) is 13.8 Å². The first-order chi connectivity index (χ1) is 10.0. The fourth-order valence-corrected chi connectivity index (χ4v) is 3.44. The Morgan fingerprint density at radius 2 is 1.90 bits per heavy atom. The molecule has 0 radical (unpaired) electrons. The minimum atomic E-state index is 0.617. The number of benzene rings is 2. The number of hydrogen-bond donors (Lipinski definition) is 0. The quantitative estimate of drug-likeness (QED) is 0.519. The van der Waals surface area contributed by atoms with Crippen LogP contribution in [0, 0.1) is 6.92 Å². The highest BCUT2D eigenvalue weighted by molar-refractivity contribution is 9.11. The Morgan fingerprint density at radius 1 is 1.24 bits per heavy atom. The monoisotopic (exact) mass is 429 g/mol. The molecule has 0 atom stereocenters. The summed E-state index contributed by atoms with van der Waals surface area (Å²) in [4.78, 5) is 4.50. The molecule has 0 aliphatic carbocycles. The second kappa shape index (κ2) is 7.43. The molecule has 2 rings (SSSR count). The number of ether oxygens (including phenoxy) is 1. The highest BCUT2D eigenvalue weighted by Crippen LogP contribution is 2.34. The molecule has 0 unspecified atom stereocenters. The van der Waals surface area contributed by atoms with Crippen LogP contribution in [-0.2, 0) is 0 Å². The predicted molar refractivity (Wildman–Crippen MR) is 96.5 cm³/mol. The van der Waals surface area contributed by atoms with Crippen LogP contribution in [-0.4, -0.2) is 12.8 Å². The fourth-order valence-electron chi connectivity index (χ4n) is 1.82. The Kier molecular flexibility index (Phi) is 5.85. The second-order valence-electron chi connectivity index (χ2n) is 4.39. The number of halogens is 3. The molecule has 0 heterocycles. The van der Waals surface area contributed by atoms with E-state index in [2.05, 4.69) is 36.9 Å². The molecule has 0 aliphatic rings. The van der Waals surface area contributed by atoms with Crippen molar-refractivity contribution in [3.05, 3.63) is 55.4 Å². The van der Waals surface area contributed by atoms with Crippen molar-refractivity contribution < 1.29 is 4.74 Å². The van der Waals surface area contributed by atoms with E-state index in [1.807, 2.05) is 50.4 Å². The highest BCUT2D eigenvalue weighted by Gasteiger charge is 2.08. The number of aliphatic imine (C=N–C) groups is 1. The molecular formula is C16H14Br2ClNO. The van der Waals surface area contributed by atoms with Crippen LogP contribution in [0.2, 0.25) is 5.02 Å². The molecule has 0 saturated heterocycles. The Bertz CT molecular complexity index is 663. The summed E-state index contributed by atoms with van der Waals surface area (Å²) in [5.41, 5.74) is 2.81. The van der Waals surface area contributed by atoms with Gasteiger partial charge in [-0.1, -0.05) is 17.7 Å². The molecule has 0 aromatic heterocycles. The first-order valence-corrected chi connectivity index (χ1v) is 8.40. The summed E-state index contributed by atoms with van der Waals surface area (Å²) >= 11 is 13.1. The Hall–Kier alpha value is -0.840. The molecule has 0 aliphatic heterocycles. The molecule has 5 heteroatoms. The van der Waals surface area contributed by atoms with Gasteiger partial charge in [0, 0.05) is 11.2 Å². The zero-order chi connectivity index (χ0) is 15.4. The van der Waals surface area contributed by atoms with Gasteiger partial charge in [0.1, 0.15) is 5.75 Å². The Balaban J connectivity index is 2.31. The molecule has 0 saturated carbocycles. The zero-order valence-corrected chi connectivity index (χ0v) is 15.6. The molecule has 0 fully saturated rings. The molecule has 0 bridgehead atoms. The van der Waals surface area contributed by atoms with Crippen LogP contribution in [0.25, 0.3) is 0 Å². The average Bonchev–Trinajstić information content (AvgIpc) is 2.44. The van der Waals surface area contributed by atoms with Crippen molar-refractivity contribution in [3.63, 3.8) is 0 Å². The first kappa shape index (κ1) is 16.5. The van der Waals surface area contributed by atoms with Gasteiger partial charge in [-0.15, -0.1) is 0 Å². The molecule has 0 N–H and O–H groups in total. The van der Waals surface area contributed by atoms with E-state index in [1.54, 1.807) is 0 Å². The van der Waals surface area contributed by atoms with Gasteiger partial charge >= 0.3 is 0 Å². The largest absolute Gasteiger partial charge is 0.492 e. The Labute approximate surface area is 146 Å². The maximum Gasteiger partial charge on any atom is 0.147 e. The van der Waals surface area contributed by atoms with Crippen LogP contribution in [0.15, 0.2) is 44.3 Å². The summed E-state index contributed by atoms with van der Waals surface area (Å²) in [6.45, 7) is 4.53. The lowest BCUT2D eigenvalue weighted by Crippen LogP contribution is -1.95. The lowest BCUT2D eigenvalue weighted by molar-refractivity contribution is 0.336. The number of hydrogen-bond acceptors (Lipinski definition) is 2. The van der Waals surface area contributed by atoms with Crippen molar-refractivity contribution in [1.82, 2.24) is 0 Å². The summed E-state index contributed by atoms with van der Waals surface area (Å²) in [6.07, 6.45) is 1.81. The Morgan fingerprint density at radius 3 is 2.52 bits per heavy atom. The SMILES string of the molecule is CCOc1c(Br)cc(C=Nc2cccc(Cl)c2C)cc1Br. The van der Waals surface area contributed by atoms with Crippen LogP contribution in [0.5, 0.6) is 5.75 Å². The smallest absolute Gasteiger partial charge is 0.147 e. The molecule has 0 amide bonds. The highest BCUT2D eigenvalue weighted by atomic mass is 79.9. The van der Waals surface area contributed by atoms with Gasteiger partial charge in [0.05, 0.1) is 21.2 Å². The van der Waals surface area contributed by atoms with E-state index in [9.17, 15) is 0 Å². The van der Waals surface area contributed by atoms with E-state index >= 15 is 0 Å². The summed E-state index contributed by atoms with van der Waals surface area (Å²) in [6, 6.07) is 9.64. The van der Waals surface area contributed by atoms with Gasteiger partial charge in [-0.3, -0.25) is 4.99 Å². The van der Waals surface area contributed by atoms with E-state index < -0.39 is 0 Å². The van der Waals surface area contributed by atoms with Gasteiger partial charge < -0.3 is 4.74 Å². The normalized spacial score (nSPS) is 11.1. The van der Waals surface area contributed by atoms with Crippen molar-refractivity contribution in [3.8, 4) is 5.75 Å². The van der Waals surface area contributed by atoms with Crippen molar-refractivity contribution in [1.29, 1.82) is 0 Å². The van der Waals surface area contributed by atoms with E-state index in [0.29, 0.717) is 6.61 Å². The summed E-state index contributed by atoms with van der Waals surface area (Å²) in [5.74, 6) is 0.800. The molecular weight excluding hydrogens is 417 g/mol. The van der Waals surface area contributed by atoms with Gasteiger partial charge in [-0.25, -0.2) is 0 Å². The second-order valence-corrected chi connectivity index (χ2v) is 6.50. The topological polar surface area (TPSA) is 21.6 Å². The maximum absolute atomic E-state index is 6.10. The molecule has 21 heavy (non-hydrogen) atoms. The average molecular weight is 432 g/mol. The van der Waals surface area contributed by atoms with Crippen molar-refractivity contribution in [2.24, 2.45) is 4.99 Å². The number of nitrogens with zero attached hydrogens (tertiary/aromatic N) is 1. The lowest BCUT2D eigenvalue weighted by atomic mass is 10.2. The predicted octanol–water partition coefficient (Wildman–Crippen LogP) is 6.32. The summed E-state index contributed by atoms with van der Waals surface area (Å²) in [5, 5.41) is 0.721. The van der Waals surface area contributed by atoms with Crippen LogP contribution >= 0.6 is 43.5 Å². The van der Waals surface area contributed by atoms with E-state index in [-0.39, 0.29) is 0 Å². The van der Waals surface area contributed by atoms with E-state index in [0.717, 1.165) is 36.5 Å². The summed E-state index contributed by atoms with van der Waals surface area (Å²) in [7, 11) is 0. The van der Waals surface area contributed by atoms with Crippen molar-refractivity contribution >= 4 is 55.4 Å². The standard InChI is InChI=1S/C16H14Br2ClNO/c1-3-21-16-12(17)7-11(8-13(16)18)9-20-15-6-4-5-14(19)10(15)2/h4-9H,3H2,1-2H3. The zero-order valence-electron chi connectivity index (χ0n) is 11.7. The molecule has 2 nitrogen and oxygen atoms in total. The van der Waals surface area contributed by atoms with Crippen LogP contribution in [0.1, 0.15) is 18.1 Å². The van der Waals surface area contributed by atoms with Gasteiger partial charge in [0.15, 0.2) is 0 Å². The van der Waals surface area contributed by atoms with Crippen LogP contribution < -0.4 is 4.74 Å². The number of rotatable bonds is 4. The molecule has 0 spiro atoms. The molecule has 2 aromatic rings. The third-order valence-electron chi connectivity index (χ3n) is 2.90. The van der Waals surface area contributed by atoms with E-state index in [1.165, 1.54) is 0 Å². The van der Waals surface area contributed by atoms with Gasteiger partial charge in [-0.2, -0.15) is 0 Å². The van der Waals surface area contributed by atoms with Crippen LogP contribution in [0.4, 0.5) is 5.69 Å². The van der Waals surface area contributed by atoms with Gasteiger partial charge in [0.2, 0.25) is 0 Å². The fraction of sp³-hybridized carbons (Fsp3) is 0.188. The molecule has 2 aromatic carbocycles. The van der Waals surface area contributed by atoms with Crippen LogP contribution in [0.3, 0.4) is 0 Å². The van der Waals surface area contributed by atoms with Gasteiger partial charge in [-0.05, 0) is 81.1 Å². The summed E-state index contributed by atoms with van der Waals surface area (Å²) < 4.78 is 7.35.